The summed E-state index contributed by atoms with van der Waals surface area (Å²) in [7, 11) is 0. The van der Waals surface area contributed by atoms with Crippen LogP contribution in [0.25, 0.3) is 0 Å². The maximum Gasteiger partial charge on any atom is 0.240 e. The molecule has 1 aromatic carbocycles. The van der Waals surface area contributed by atoms with E-state index in [4.69, 9.17) is 0 Å². The first-order chi connectivity index (χ1) is 13.7. The number of carbonyl (C=O) groups is 2. The smallest absolute Gasteiger partial charge is 0.240 e. The highest BCUT2D eigenvalue weighted by molar-refractivity contribution is 9.10. The molecule has 4 rings (SSSR count). The molecule has 1 aliphatic heterocycles. The maximum atomic E-state index is 12.3. The molecule has 2 amide bonds. The van der Waals surface area contributed by atoms with Crippen LogP contribution < -0.4 is 10.6 Å². The number of halogens is 1. The van der Waals surface area contributed by atoms with Gasteiger partial charge in [-0.2, -0.15) is 5.10 Å². The second kappa shape index (κ2) is 7.54. The number of nitrogens with zero attached hydrogens (tertiary/aromatic N) is 2. The fraction of sp³-hybridized carbons (Fsp3) is 0.524. The average molecular weight is 477 g/mol. The molecule has 29 heavy (non-hydrogen) atoms. The molecule has 3 atom stereocenters. The van der Waals surface area contributed by atoms with Gasteiger partial charge in [-0.3, -0.25) is 9.59 Å². The topological polar surface area (TPSA) is 82.9 Å². The Hall–Kier alpha value is -1.67. The summed E-state index contributed by atoms with van der Waals surface area (Å²) >= 11 is 4.64. The van der Waals surface area contributed by atoms with E-state index in [2.05, 4.69) is 57.5 Å². The molecule has 2 saturated carbocycles. The summed E-state index contributed by atoms with van der Waals surface area (Å²) in [6, 6.07) is 7.33. The summed E-state index contributed by atoms with van der Waals surface area (Å²) in [5.41, 5.74) is 2.16. The van der Waals surface area contributed by atoms with E-state index in [1.165, 1.54) is 18.2 Å². The van der Waals surface area contributed by atoms with E-state index in [1.807, 2.05) is 24.3 Å². The van der Waals surface area contributed by atoms with Crippen molar-refractivity contribution in [2.75, 3.05) is 5.32 Å². The summed E-state index contributed by atoms with van der Waals surface area (Å²) in [5.74, 6) is 0.265. The molecule has 1 saturated heterocycles. The molecule has 0 radical (unpaired) electrons. The van der Waals surface area contributed by atoms with E-state index >= 15 is 0 Å². The molecule has 2 bridgehead atoms. The molecule has 3 aliphatic rings. The molecule has 3 fully saturated rings. The molecule has 8 heteroatoms. The van der Waals surface area contributed by atoms with Gasteiger partial charge in [0.1, 0.15) is 5.25 Å². The summed E-state index contributed by atoms with van der Waals surface area (Å²) in [5, 5.41) is 14.5. The first-order valence-electron chi connectivity index (χ1n) is 9.87. The monoisotopic (exact) mass is 476 g/mol. The fourth-order valence-corrected chi connectivity index (χ4v) is 5.87. The number of thioether (sulfide) groups is 1. The molecule has 0 aromatic heterocycles. The van der Waals surface area contributed by atoms with Gasteiger partial charge in [0.2, 0.25) is 11.8 Å². The van der Waals surface area contributed by atoms with Gasteiger partial charge in [0.25, 0.3) is 0 Å². The zero-order valence-corrected chi connectivity index (χ0v) is 19.2. The second-order valence-electron chi connectivity index (χ2n) is 8.80. The van der Waals surface area contributed by atoms with Crippen molar-refractivity contribution in [3.63, 3.8) is 0 Å². The van der Waals surface area contributed by atoms with Crippen molar-refractivity contribution < 1.29 is 9.59 Å². The number of rotatable bonds is 4. The van der Waals surface area contributed by atoms with Gasteiger partial charge in [-0.05, 0) is 54.9 Å². The van der Waals surface area contributed by atoms with Crippen LogP contribution in [-0.2, 0) is 9.59 Å². The SMILES string of the molecule is CC12CCC(CC1=N/N=C1/NC(=O)C(CC(=O)Nc3ccc(Br)cc3)S1)C2(C)C. The van der Waals surface area contributed by atoms with Crippen LogP contribution in [0.1, 0.15) is 46.5 Å². The van der Waals surface area contributed by atoms with Gasteiger partial charge >= 0.3 is 0 Å². The molecule has 0 spiro atoms. The van der Waals surface area contributed by atoms with Crippen LogP contribution in [-0.4, -0.2) is 27.9 Å². The van der Waals surface area contributed by atoms with Crippen LogP contribution in [0, 0.1) is 16.7 Å². The zero-order valence-electron chi connectivity index (χ0n) is 16.8. The van der Waals surface area contributed by atoms with Crippen molar-refractivity contribution in [2.45, 2.75) is 51.7 Å². The molecular weight excluding hydrogens is 452 g/mol. The lowest BCUT2D eigenvalue weighted by Gasteiger charge is -2.34. The van der Waals surface area contributed by atoms with Gasteiger partial charge in [-0.25, -0.2) is 0 Å². The minimum absolute atomic E-state index is 0.0823. The van der Waals surface area contributed by atoms with Gasteiger partial charge in [-0.1, -0.05) is 48.5 Å². The summed E-state index contributed by atoms with van der Waals surface area (Å²) in [6.45, 7) is 6.94. The van der Waals surface area contributed by atoms with Crippen molar-refractivity contribution in [1.29, 1.82) is 0 Å². The number of amidine groups is 1. The number of hydrogen-bond acceptors (Lipinski definition) is 5. The molecular formula is C21H25BrN4O2S. The van der Waals surface area contributed by atoms with E-state index in [0.717, 1.165) is 23.0 Å². The van der Waals surface area contributed by atoms with Crippen molar-refractivity contribution in [2.24, 2.45) is 27.0 Å². The van der Waals surface area contributed by atoms with Gasteiger partial charge in [0, 0.05) is 27.7 Å². The Morgan fingerprint density at radius 1 is 1.28 bits per heavy atom. The lowest BCUT2D eigenvalue weighted by molar-refractivity contribution is -0.122. The third kappa shape index (κ3) is 3.77. The lowest BCUT2D eigenvalue weighted by Crippen LogP contribution is -2.32. The van der Waals surface area contributed by atoms with Crippen molar-refractivity contribution in [3.05, 3.63) is 28.7 Å². The minimum Gasteiger partial charge on any atom is -0.326 e. The average Bonchev–Trinajstić information content (AvgIpc) is 3.18. The summed E-state index contributed by atoms with van der Waals surface area (Å²) in [6.07, 6.45) is 3.47. The number of anilines is 1. The van der Waals surface area contributed by atoms with Crippen LogP contribution in [0.2, 0.25) is 0 Å². The van der Waals surface area contributed by atoms with Crippen LogP contribution in [0.3, 0.4) is 0 Å². The zero-order chi connectivity index (χ0) is 20.8. The number of carbonyl (C=O) groups excluding carboxylic acids is 2. The molecule has 3 unspecified atom stereocenters. The van der Waals surface area contributed by atoms with Crippen LogP contribution in [0.15, 0.2) is 38.9 Å². The highest BCUT2D eigenvalue weighted by Crippen LogP contribution is 2.64. The minimum atomic E-state index is -0.489. The van der Waals surface area contributed by atoms with E-state index in [1.54, 1.807) is 0 Å². The third-order valence-electron chi connectivity index (χ3n) is 7.05. The fourth-order valence-electron chi connectivity index (χ4n) is 4.69. The molecule has 1 heterocycles. The van der Waals surface area contributed by atoms with Gasteiger partial charge in [-0.15, -0.1) is 5.10 Å². The van der Waals surface area contributed by atoms with E-state index in [-0.39, 0.29) is 29.1 Å². The largest absolute Gasteiger partial charge is 0.326 e. The first kappa shape index (κ1) is 20.6. The van der Waals surface area contributed by atoms with Crippen LogP contribution in [0.4, 0.5) is 5.69 Å². The van der Waals surface area contributed by atoms with Crippen molar-refractivity contribution in [3.8, 4) is 0 Å². The van der Waals surface area contributed by atoms with Crippen molar-refractivity contribution in [1.82, 2.24) is 5.32 Å². The highest BCUT2D eigenvalue weighted by atomic mass is 79.9. The Labute approximate surface area is 183 Å². The lowest BCUT2D eigenvalue weighted by atomic mass is 9.70. The number of benzene rings is 1. The molecule has 6 nitrogen and oxygen atoms in total. The van der Waals surface area contributed by atoms with Crippen molar-refractivity contribution >= 4 is 56.1 Å². The highest BCUT2D eigenvalue weighted by Gasteiger charge is 2.60. The molecule has 154 valence electrons. The van der Waals surface area contributed by atoms with Crippen LogP contribution in [0.5, 0.6) is 0 Å². The Kier molecular flexibility index (Phi) is 5.36. The van der Waals surface area contributed by atoms with Gasteiger partial charge in [0.15, 0.2) is 5.17 Å². The van der Waals surface area contributed by atoms with Gasteiger partial charge < -0.3 is 10.6 Å². The Morgan fingerprint density at radius 2 is 2.00 bits per heavy atom. The standard InChI is InChI=1S/C21H25BrN4O2S/c1-20(2)12-8-9-21(20,3)16(10-12)25-26-19-24-18(28)15(29-19)11-17(27)23-14-6-4-13(22)5-7-14/h4-7,12,15H,8-11H2,1-3H3,(H,23,27)(H,24,26,28). The van der Waals surface area contributed by atoms with E-state index in [9.17, 15) is 9.59 Å². The predicted molar refractivity (Wildman–Crippen MR) is 121 cm³/mol. The Morgan fingerprint density at radius 3 is 2.62 bits per heavy atom. The second-order valence-corrected chi connectivity index (χ2v) is 10.9. The summed E-state index contributed by atoms with van der Waals surface area (Å²) in [4.78, 5) is 24.5. The number of nitrogens with one attached hydrogen (secondary N) is 2. The number of amides is 2. The Bertz CT molecular complexity index is 912. The maximum absolute atomic E-state index is 12.3. The quantitative estimate of drug-likeness (QED) is 0.624. The van der Waals surface area contributed by atoms with Gasteiger partial charge in [0.05, 0.1) is 0 Å². The molecule has 1 aromatic rings. The van der Waals surface area contributed by atoms with Crippen LogP contribution >= 0.6 is 27.7 Å². The number of fused-ring (bicyclic) bond motifs is 2. The molecule has 2 aliphatic carbocycles. The normalized spacial score (nSPS) is 32.8. The predicted octanol–water partition coefficient (Wildman–Crippen LogP) is 4.57. The number of hydrogen-bond donors (Lipinski definition) is 2. The van der Waals surface area contributed by atoms with E-state index in [0.29, 0.717) is 16.8 Å². The summed E-state index contributed by atoms with van der Waals surface area (Å²) < 4.78 is 0.941. The Balaban J connectivity index is 1.38. The van der Waals surface area contributed by atoms with E-state index < -0.39 is 5.25 Å². The molecule has 2 N–H and O–H groups in total. The first-order valence-corrected chi connectivity index (χ1v) is 11.5. The third-order valence-corrected chi connectivity index (χ3v) is 8.65.